The zero-order valence-corrected chi connectivity index (χ0v) is 15.3. The van der Waals surface area contributed by atoms with Crippen molar-refractivity contribution < 1.29 is 14.4 Å². The number of amides is 3. The van der Waals surface area contributed by atoms with Crippen LogP contribution in [0, 0.1) is 0 Å². The predicted molar refractivity (Wildman–Crippen MR) is 96.9 cm³/mol. The molecule has 0 atom stereocenters. The molecule has 0 radical (unpaired) electrons. The second-order valence-corrected chi connectivity index (χ2v) is 6.30. The molecule has 0 unspecified atom stereocenters. The Balaban J connectivity index is 1.73. The summed E-state index contributed by atoms with van der Waals surface area (Å²) < 4.78 is 0. The Morgan fingerprint density at radius 2 is 2.27 bits per heavy atom. The van der Waals surface area contributed by atoms with Crippen LogP contribution < -0.4 is 5.32 Å². The van der Waals surface area contributed by atoms with E-state index in [4.69, 9.17) is 16.4 Å². The van der Waals surface area contributed by atoms with Crippen LogP contribution in [0.15, 0.2) is 24.3 Å². The van der Waals surface area contributed by atoms with Crippen LogP contribution in [0.1, 0.15) is 28.7 Å². The van der Waals surface area contributed by atoms with Gasteiger partial charge < -0.3 is 10.2 Å². The first-order valence-electron chi connectivity index (χ1n) is 8.28. The number of aromatic nitrogens is 2. The lowest BCUT2D eigenvalue weighted by Gasteiger charge is -2.27. The number of hydroxylamine groups is 2. The SMILES string of the molecule is CCON(C)C(=O)c1n[nH]c2c1CN(C(=O)Nc1cccc(Cl)c1)CC2. The molecule has 2 aromatic rings. The number of hydrogen-bond donors (Lipinski definition) is 2. The Labute approximate surface area is 156 Å². The normalized spacial score (nSPS) is 13.3. The van der Waals surface area contributed by atoms with Crippen molar-refractivity contribution in [1.82, 2.24) is 20.2 Å². The zero-order valence-electron chi connectivity index (χ0n) is 14.6. The highest BCUT2D eigenvalue weighted by atomic mass is 35.5. The molecule has 26 heavy (non-hydrogen) atoms. The lowest BCUT2D eigenvalue weighted by atomic mass is 10.1. The Morgan fingerprint density at radius 3 is 3.00 bits per heavy atom. The molecule has 138 valence electrons. The molecule has 2 N–H and O–H groups in total. The Kier molecular flexibility index (Phi) is 5.43. The highest BCUT2D eigenvalue weighted by Gasteiger charge is 2.29. The standard InChI is InChI=1S/C17H20ClN5O3/c1-3-26-22(2)16(24)15-13-10-23(8-7-14(13)20-21-15)17(25)19-12-6-4-5-11(18)9-12/h4-6,9H,3,7-8,10H2,1-2H3,(H,19,25)(H,20,21). The summed E-state index contributed by atoms with van der Waals surface area (Å²) in [7, 11) is 1.54. The summed E-state index contributed by atoms with van der Waals surface area (Å²) in [6.07, 6.45) is 0.594. The molecule has 8 nitrogen and oxygen atoms in total. The molecule has 1 aliphatic rings. The van der Waals surface area contributed by atoms with Crippen LogP contribution >= 0.6 is 11.6 Å². The fourth-order valence-corrected chi connectivity index (χ4v) is 3.01. The number of rotatable bonds is 4. The van der Waals surface area contributed by atoms with Gasteiger partial charge in [0.05, 0.1) is 13.2 Å². The van der Waals surface area contributed by atoms with E-state index < -0.39 is 0 Å². The van der Waals surface area contributed by atoms with E-state index in [-0.39, 0.29) is 17.6 Å². The number of nitrogens with one attached hydrogen (secondary N) is 2. The number of carbonyl (C=O) groups is 2. The molecule has 1 aliphatic heterocycles. The third-order valence-electron chi connectivity index (χ3n) is 4.11. The van der Waals surface area contributed by atoms with E-state index in [1.807, 2.05) is 0 Å². The Hall–Kier alpha value is -2.58. The Morgan fingerprint density at radius 1 is 1.46 bits per heavy atom. The predicted octanol–water partition coefficient (Wildman–Crippen LogP) is 2.68. The third kappa shape index (κ3) is 3.81. The van der Waals surface area contributed by atoms with Gasteiger partial charge in [0.2, 0.25) is 0 Å². The van der Waals surface area contributed by atoms with E-state index in [1.54, 1.807) is 43.1 Å². The van der Waals surface area contributed by atoms with Gasteiger partial charge in [-0.25, -0.2) is 9.86 Å². The molecule has 0 aliphatic carbocycles. The summed E-state index contributed by atoms with van der Waals surface area (Å²) in [6, 6.07) is 6.70. The third-order valence-corrected chi connectivity index (χ3v) is 4.34. The minimum Gasteiger partial charge on any atom is -0.320 e. The zero-order chi connectivity index (χ0) is 18.7. The van der Waals surface area contributed by atoms with Crippen LogP contribution in [0.25, 0.3) is 0 Å². The van der Waals surface area contributed by atoms with Crippen LogP contribution in [0.2, 0.25) is 5.02 Å². The van der Waals surface area contributed by atoms with Crippen LogP contribution in [-0.2, 0) is 17.8 Å². The summed E-state index contributed by atoms with van der Waals surface area (Å²) in [4.78, 5) is 31.8. The average Bonchev–Trinajstić information content (AvgIpc) is 3.04. The number of halogens is 1. The first-order chi connectivity index (χ1) is 12.5. The number of nitrogens with zero attached hydrogens (tertiary/aromatic N) is 3. The molecule has 3 rings (SSSR count). The number of urea groups is 1. The van der Waals surface area contributed by atoms with Crippen molar-refractivity contribution in [3.63, 3.8) is 0 Å². The molecule has 0 saturated heterocycles. The van der Waals surface area contributed by atoms with Crippen LogP contribution in [0.5, 0.6) is 0 Å². The highest BCUT2D eigenvalue weighted by molar-refractivity contribution is 6.30. The summed E-state index contributed by atoms with van der Waals surface area (Å²) in [5, 5.41) is 11.5. The van der Waals surface area contributed by atoms with Gasteiger partial charge in [-0.2, -0.15) is 5.10 Å². The lowest BCUT2D eigenvalue weighted by molar-refractivity contribution is -0.100. The number of H-pyrrole nitrogens is 1. The molecule has 0 saturated carbocycles. The lowest BCUT2D eigenvalue weighted by Crippen LogP contribution is -2.39. The van der Waals surface area contributed by atoms with Gasteiger partial charge in [0.1, 0.15) is 0 Å². The quantitative estimate of drug-likeness (QED) is 0.801. The van der Waals surface area contributed by atoms with Crippen molar-refractivity contribution in [2.75, 3.05) is 25.5 Å². The fourth-order valence-electron chi connectivity index (χ4n) is 2.82. The van der Waals surface area contributed by atoms with E-state index in [0.717, 1.165) is 10.8 Å². The minimum absolute atomic E-state index is 0.254. The summed E-state index contributed by atoms with van der Waals surface area (Å²) in [5.41, 5.74) is 2.48. The number of benzene rings is 1. The second-order valence-electron chi connectivity index (χ2n) is 5.86. The van der Waals surface area contributed by atoms with Gasteiger partial charge in [-0.15, -0.1) is 0 Å². The average molecular weight is 378 g/mol. The molecular formula is C17H20ClN5O3. The maximum absolute atomic E-state index is 12.5. The van der Waals surface area contributed by atoms with Gasteiger partial charge in [-0.3, -0.25) is 14.7 Å². The summed E-state index contributed by atoms with van der Waals surface area (Å²) >= 11 is 5.95. The molecule has 0 fully saturated rings. The van der Waals surface area contributed by atoms with Gasteiger partial charge in [-0.1, -0.05) is 17.7 Å². The molecule has 2 heterocycles. The van der Waals surface area contributed by atoms with E-state index >= 15 is 0 Å². The molecule has 1 aromatic heterocycles. The molecule has 1 aromatic carbocycles. The number of fused-ring (bicyclic) bond motifs is 1. The van der Waals surface area contributed by atoms with Crippen molar-refractivity contribution >= 4 is 29.2 Å². The highest BCUT2D eigenvalue weighted by Crippen LogP contribution is 2.23. The summed E-state index contributed by atoms with van der Waals surface area (Å²) in [5.74, 6) is -0.346. The molecule has 0 spiro atoms. The Bertz CT molecular complexity index is 822. The maximum atomic E-state index is 12.5. The molecular weight excluding hydrogens is 358 g/mol. The topological polar surface area (TPSA) is 90.6 Å². The first-order valence-corrected chi connectivity index (χ1v) is 8.66. The number of aromatic amines is 1. The molecule has 9 heteroatoms. The number of carbonyl (C=O) groups excluding carboxylic acids is 2. The number of anilines is 1. The monoisotopic (exact) mass is 377 g/mol. The van der Waals surface area contributed by atoms with E-state index in [9.17, 15) is 9.59 Å². The number of hydrogen-bond acceptors (Lipinski definition) is 4. The smallest absolute Gasteiger partial charge is 0.320 e. The largest absolute Gasteiger partial charge is 0.322 e. The molecule has 0 bridgehead atoms. The molecule has 3 amide bonds. The van der Waals surface area contributed by atoms with Crippen LogP contribution in [-0.4, -0.2) is 52.3 Å². The minimum atomic E-state index is -0.346. The van der Waals surface area contributed by atoms with Crippen molar-refractivity contribution in [1.29, 1.82) is 0 Å². The fraction of sp³-hybridized carbons (Fsp3) is 0.353. The van der Waals surface area contributed by atoms with Crippen molar-refractivity contribution in [3.05, 3.63) is 46.2 Å². The summed E-state index contributed by atoms with van der Waals surface area (Å²) in [6.45, 7) is 2.99. The maximum Gasteiger partial charge on any atom is 0.322 e. The van der Waals surface area contributed by atoms with Gasteiger partial charge in [-0.05, 0) is 25.1 Å². The van der Waals surface area contributed by atoms with E-state index in [2.05, 4.69) is 15.5 Å². The van der Waals surface area contributed by atoms with Gasteiger partial charge in [0.25, 0.3) is 5.91 Å². The van der Waals surface area contributed by atoms with Crippen LogP contribution in [0.3, 0.4) is 0 Å². The van der Waals surface area contributed by atoms with E-state index in [0.29, 0.717) is 42.4 Å². The van der Waals surface area contributed by atoms with Crippen LogP contribution in [0.4, 0.5) is 10.5 Å². The van der Waals surface area contributed by atoms with Crippen molar-refractivity contribution in [2.24, 2.45) is 0 Å². The first kappa shape index (κ1) is 18.2. The van der Waals surface area contributed by atoms with E-state index in [1.165, 1.54) is 0 Å². The van der Waals surface area contributed by atoms with Crippen molar-refractivity contribution in [2.45, 2.75) is 19.9 Å². The van der Waals surface area contributed by atoms with Crippen molar-refractivity contribution in [3.8, 4) is 0 Å². The van der Waals surface area contributed by atoms with Gasteiger partial charge in [0.15, 0.2) is 5.69 Å². The van der Waals surface area contributed by atoms with Gasteiger partial charge >= 0.3 is 6.03 Å². The van der Waals surface area contributed by atoms with Gasteiger partial charge in [0, 0.05) is 42.0 Å². The second kappa shape index (κ2) is 7.76.